The molecule has 0 radical (unpaired) electrons. The standard InChI is InChI=1S/C15H30N2O2/c1-11(2)10-17-15(18)5-7-16-13-6-8-19-14(9-13)12(3)4/h11-14,16H,5-10H2,1-4H3,(H,17,18). The number of carbonyl (C=O) groups excluding carboxylic acids is 1. The van der Waals surface area contributed by atoms with Gasteiger partial charge in [-0.15, -0.1) is 0 Å². The van der Waals surface area contributed by atoms with Crippen LogP contribution in [0.4, 0.5) is 0 Å². The van der Waals surface area contributed by atoms with E-state index >= 15 is 0 Å². The molecule has 0 spiro atoms. The summed E-state index contributed by atoms with van der Waals surface area (Å²) in [6, 6.07) is 0.499. The molecule has 0 aliphatic carbocycles. The first-order chi connectivity index (χ1) is 8.99. The van der Waals surface area contributed by atoms with Crippen LogP contribution >= 0.6 is 0 Å². The summed E-state index contributed by atoms with van der Waals surface area (Å²) in [5.74, 6) is 1.23. The Morgan fingerprint density at radius 3 is 2.68 bits per heavy atom. The highest BCUT2D eigenvalue weighted by atomic mass is 16.5. The van der Waals surface area contributed by atoms with E-state index in [1.165, 1.54) is 0 Å². The van der Waals surface area contributed by atoms with Crippen molar-refractivity contribution in [2.45, 2.75) is 59.1 Å². The van der Waals surface area contributed by atoms with Crippen LogP contribution in [0.5, 0.6) is 0 Å². The Bertz CT molecular complexity index is 267. The second-order valence-corrected chi connectivity index (χ2v) is 6.28. The molecule has 1 aliphatic heterocycles. The van der Waals surface area contributed by atoms with Crippen molar-refractivity contribution in [1.82, 2.24) is 10.6 Å². The molecule has 0 saturated carbocycles. The molecule has 112 valence electrons. The van der Waals surface area contributed by atoms with Crippen LogP contribution in [0.25, 0.3) is 0 Å². The van der Waals surface area contributed by atoms with E-state index < -0.39 is 0 Å². The molecule has 0 bridgehead atoms. The third-order valence-corrected chi connectivity index (χ3v) is 3.55. The van der Waals surface area contributed by atoms with Gasteiger partial charge in [0.05, 0.1) is 6.10 Å². The largest absolute Gasteiger partial charge is 0.378 e. The molecule has 2 atom stereocenters. The van der Waals surface area contributed by atoms with E-state index in [0.29, 0.717) is 30.4 Å². The molecule has 2 unspecified atom stereocenters. The van der Waals surface area contributed by atoms with E-state index in [-0.39, 0.29) is 5.91 Å². The number of amides is 1. The third kappa shape index (κ3) is 6.92. The van der Waals surface area contributed by atoms with Crippen LogP contribution in [-0.4, -0.2) is 37.7 Å². The Morgan fingerprint density at radius 2 is 2.05 bits per heavy atom. The van der Waals surface area contributed by atoms with E-state index in [2.05, 4.69) is 38.3 Å². The highest BCUT2D eigenvalue weighted by Gasteiger charge is 2.24. The highest BCUT2D eigenvalue weighted by Crippen LogP contribution is 2.19. The summed E-state index contributed by atoms with van der Waals surface area (Å²) in [6.45, 7) is 11.0. The van der Waals surface area contributed by atoms with E-state index in [4.69, 9.17) is 4.74 Å². The van der Waals surface area contributed by atoms with E-state index in [1.807, 2.05) is 0 Å². The molecule has 4 heteroatoms. The summed E-state index contributed by atoms with van der Waals surface area (Å²) in [4.78, 5) is 11.6. The molecule has 1 saturated heterocycles. The fourth-order valence-corrected chi connectivity index (χ4v) is 2.27. The Labute approximate surface area is 117 Å². The smallest absolute Gasteiger partial charge is 0.221 e. The second-order valence-electron chi connectivity index (χ2n) is 6.28. The van der Waals surface area contributed by atoms with Gasteiger partial charge < -0.3 is 15.4 Å². The summed E-state index contributed by atoms with van der Waals surface area (Å²) in [6.07, 6.45) is 3.04. The van der Waals surface area contributed by atoms with Crippen LogP contribution in [0.3, 0.4) is 0 Å². The van der Waals surface area contributed by atoms with Crippen LogP contribution in [0.2, 0.25) is 0 Å². The quantitative estimate of drug-likeness (QED) is 0.743. The molecule has 1 aliphatic rings. The van der Waals surface area contributed by atoms with E-state index in [9.17, 15) is 4.79 Å². The fourth-order valence-electron chi connectivity index (χ4n) is 2.27. The van der Waals surface area contributed by atoms with Gasteiger partial charge >= 0.3 is 0 Å². The van der Waals surface area contributed by atoms with Crippen molar-refractivity contribution in [2.75, 3.05) is 19.7 Å². The maximum Gasteiger partial charge on any atom is 0.221 e. The predicted octanol–water partition coefficient (Wildman–Crippen LogP) is 1.94. The lowest BCUT2D eigenvalue weighted by Crippen LogP contribution is -2.42. The first-order valence-corrected chi connectivity index (χ1v) is 7.60. The molecular weight excluding hydrogens is 240 g/mol. The summed E-state index contributed by atoms with van der Waals surface area (Å²) in [5.41, 5.74) is 0. The lowest BCUT2D eigenvalue weighted by atomic mass is 9.95. The molecular formula is C15H30N2O2. The predicted molar refractivity (Wildman–Crippen MR) is 78.1 cm³/mol. The molecule has 19 heavy (non-hydrogen) atoms. The highest BCUT2D eigenvalue weighted by molar-refractivity contribution is 5.76. The SMILES string of the molecule is CC(C)CNC(=O)CCNC1CCOC(C(C)C)C1. The van der Waals surface area contributed by atoms with Crippen LogP contribution in [0, 0.1) is 11.8 Å². The van der Waals surface area contributed by atoms with Gasteiger partial charge in [-0.1, -0.05) is 27.7 Å². The third-order valence-electron chi connectivity index (χ3n) is 3.55. The molecule has 1 rings (SSSR count). The van der Waals surface area contributed by atoms with Crippen molar-refractivity contribution in [2.24, 2.45) is 11.8 Å². The number of rotatable bonds is 7. The number of ether oxygens (including phenoxy) is 1. The Morgan fingerprint density at radius 1 is 1.32 bits per heavy atom. The minimum absolute atomic E-state index is 0.147. The normalized spacial score (nSPS) is 23.9. The van der Waals surface area contributed by atoms with Gasteiger partial charge in [-0.2, -0.15) is 0 Å². The summed E-state index contributed by atoms with van der Waals surface area (Å²) < 4.78 is 5.74. The summed E-state index contributed by atoms with van der Waals surface area (Å²) in [7, 11) is 0. The Hall–Kier alpha value is -0.610. The molecule has 1 fully saturated rings. The van der Waals surface area contributed by atoms with Gasteiger partial charge in [0.2, 0.25) is 5.91 Å². The number of nitrogens with one attached hydrogen (secondary N) is 2. The minimum Gasteiger partial charge on any atom is -0.378 e. The average Bonchev–Trinajstić information content (AvgIpc) is 2.36. The molecule has 0 aromatic carbocycles. The van der Waals surface area contributed by atoms with E-state index in [1.54, 1.807) is 0 Å². The van der Waals surface area contributed by atoms with Crippen LogP contribution in [0.1, 0.15) is 47.0 Å². The molecule has 0 aromatic rings. The maximum absolute atomic E-state index is 11.6. The summed E-state index contributed by atoms with van der Waals surface area (Å²) >= 11 is 0. The Balaban J connectivity index is 2.13. The molecule has 4 nitrogen and oxygen atoms in total. The van der Waals surface area contributed by atoms with Crippen molar-refractivity contribution in [3.63, 3.8) is 0 Å². The lowest BCUT2D eigenvalue weighted by molar-refractivity contribution is -0.121. The van der Waals surface area contributed by atoms with Crippen LogP contribution in [0.15, 0.2) is 0 Å². The first-order valence-electron chi connectivity index (χ1n) is 7.60. The van der Waals surface area contributed by atoms with Crippen LogP contribution in [-0.2, 0) is 9.53 Å². The summed E-state index contributed by atoms with van der Waals surface area (Å²) in [5, 5.41) is 6.43. The van der Waals surface area contributed by atoms with Gasteiger partial charge in [0, 0.05) is 32.2 Å². The van der Waals surface area contributed by atoms with Gasteiger partial charge in [0.25, 0.3) is 0 Å². The van der Waals surface area contributed by atoms with Crippen molar-refractivity contribution in [3.8, 4) is 0 Å². The molecule has 1 amide bonds. The zero-order chi connectivity index (χ0) is 14.3. The van der Waals surface area contributed by atoms with Crippen LogP contribution < -0.4 is 10.6 Å². The van der Waals surface area contributed by atoms with Gasteiger partial charge in [0.1, 0.15) is 0 Å². The van der Waals surface area contributed by atoms with Crippen molar-refractivity contribution < 1.29 is 9.53 Å². The number of hydrogen-bond donors (Lipinski definition) is 2. The van der Waals surface area contributed by atoms with Crippen molar-refractivity contribution in [3.05, 3.63) is 0 Å². The second kappa shape index (κ2) is 8.54. The zero-order valence-electron chi connectivity index (χ0n) is 12.9. The van der Waals surface area contributed by atoms with Gasteiger partial charge in [-0.3, -0.25) is 4.79 Å². The molecule has 2 N–H and O–H groups in total. The zero-order valence-corrected chi connectivity index (χ0v) is 12.9. The van der Waals surface area contributed by atoms with Gasteiger partial charge in [-0.05, 0) is 24.7 Å². The van der Waals surface area contributed by atoms with Crippen molar-refractivity contribution >= 4 is 5.91 Å². The van der Waals surface area contributed by atoms with Gasteiger partial charge in [0.15, 0.2) is 0 Å². The van der Waals surface area contributed by atoms with Gasteiger partial charge in [-0.25, -0.2) is 0 Å². The topological polar surface area (TPSA) is 50.4 Å². The Kier molecular flexibility index (Phi) is 7.39. The lowest BCUT2D eigenvalue weighted by Gasteiger charge is -2.32. The number of hydrogen-bond acceptors (Lipinski definition) is 3. The number of carbonyl (C=O) groups is 1. The van der Waals surface area contributed by atoms with E-state index in [0.717, 1.165) is 32.5 Å². The molecule has 1 heterocycles. The minimum atomic E-state index is 0.147. The monoisotopic (exact) mass is 270 g/mol. The van der Waals surface area contributed by atoms with Crippen molar-refractivity contribution in [1.29, 1.82) is 0 Å². The first kappa shape index (κ1) is 16.4. The molecule has 0 aromatic heterocycles. The average molecular weight is 270 g/mol. The maximum atomic E-state index is 11.6. The fraction of sp³-hybridized carbons (Fsp3) is 0.933.